The number of ether oxygens (including phenoxy) is 1. The predicted molar refractivity (Wildman–Crippen MR) is 127 cm³/mol. The number of unbranched alkanes of at least 4 members (excludes halogenated alkanes) is 3. The minimum atomic E-state index is -0.786. The smallest absolute Gasteiger partial charge is 0.276 e. The number of hydrazone groups is 1. The van der Waals surface area contributed by atoms with Crippen LogP contribution in [0.1, 0.15) is 44.3 Å². The molecule has 0 aliphatic carbocycles. The van der Waals surface area contributed by atoms with Gasteiger partial charge in [-0.2, -0.15) is 0 Å². The first kappa shape index (κ1) is 22.8. The molecule has 0 saturated heterocycles. The standard InChI is InChI=1S/C23H25N5O4S/c1-3-4-5-8-13-33-23-25-22(29)20-16-9-6-7-10-18(16)24-21(27(20)26-23)17-14-15(28(30)31)11-12-19(17)32-2/h6-7,9-12,14,21H,3-5,8,13H2,1-2H3,(H,25,26,29)/t21-/m0/s1. The van der Waals surface area contributed by atoms with Gasteiger partial charge in [-0.15, -0.1) is 5.10 Å². The third-order valence-electron chi connectivity index (χ3n) is 5.45. The second kappa shape index (κ2) is 10.0. The first-order chi connectivity index (χ1) is 16.0. The summed E-state index contributed by atoms with van der Waals surface area (Å²) in [5.74, 6) is 0.988. The molecule has 0 saturated carbocycles. The normalized spacial score (nSPS) is 16.8. The van der Waals surface area contributed by atoms with Gasteiger partial charge in [0, 0.05) is 28.7 Å². The molecule has 2 aliphatic heterocycles. The molecule has 0 unspecified atom stereocenters. The van der Waals surface area contributed by atoms with Crippen LogP contribution in [0.2, 0.25) is 0 Å². The van der Waals surface area contributed by atoms with Gasteiger partial charge in [-0.3, -0.25) is 25.2 Å². The number of hydrogen-bond acceptors (Lipinski definition) is 8. The molecule has 2 heterocycles. The highest BCUT2D eigenvalue weighted by atomic mass is 32.2. The summed E-state index contributed by atoms with van der Waals surface area (Å²) in [7, 11) is 1.50. The van der Waals surface area contributed by atoms with Crippen molar-refractivity contribution in [2.24, 2.45) is 10.1 Å². The van der Waals surface area contributed by atoms with Crippen LogP contribution in [0.5, 0.6) is 5.75 Å². The largest absolute Gasteiger partial charge is 0.496 e. The number of nitro benzene ring substituents is 1. The number of para-hydroxylation sites is 1. The van der Waals surface area contributed by atoms with Gasteiger partial charge in [0.1, 0.15) is 11.4 Å². The molecular weight excluding hydrogens is 442 g/mol. The quantitative estimate of drug-likeness (QED) is 0.363. The molecule has 10 heteroatoms. The molecule has 33 heavy (non-hydrogen) atoms. The molecule has 0 radical (unpaired) electrons. The Balaban J connectivity index is 1.79. The van der Waals surface area contributed by atoms with Crippen molar-refractivity contribution in [1.29, 1.82) is 0 Å². The Hall–Kier alpha value is -3.40. The van der Waals surface area contributed by atoms with Crippen LogP contribution in [0, 0.1) is 10.1 Å². The number of thioether (sulfide) groups is 1. The number of hydrogen-bond donors (Lipinski definition) is 1. The summed E-state index contributed by atoms with van der Waals surface area (Å²) >= 11 is 1.49. The Morgan fingerprint density at radius 2 is 2.03 bits per heavy atom. The molecule has 9 nitrogen and oxygen atoms in total. The fraction of sp³-hybridized carbons (Fsp3) is 0.348. The highest BCUT2D eigenvalue weighted by molar-refractivity contribution is 8.13. The van der Waals surface area contributed by atoms with E-state index in [1.165, 1.54) is 37.4 Å². The Labute approximate surface area is 195 Å². The van der Waals surface area contributed by atoms with Crippen molar-refractivity contribution >= 4 is 34.2 Å². The fourth-order valence-electron chi connectivity index (χ4n) is 3.83. The average molecular weight is 468 g/mol. The number of fused-ring (bicyclic) bond motifs is 2. The molecule has 1 atom stereocenters. The summed E-state index contributed by atoms with van der Waals surface area (Å²) in [6.07, 6.45) is 3.70. The van der Waals surface area contributed by atoms with Gasteiger partial charge in [-0.25, -0.2) is 5.01 Å². The topological polar surface area (TPSA) is 109 Å². The van der Waals surface area contributed by atoms with Crippen LogP contribution in [-0.2, 0) is 4.79 Å². The van der Waals surface area contributed by atoms with Gasteiger partial charge < -0.3 is 4.74 Å². The van der Waals surface area contributed by atoms with Gasteiger partial charge >= 0.3 is 0 Å². The van der Waals surface area contributed by atoms with Crippen LogP contribution in [0.3, 0.4) is 0 Å². The number of nitrogens with zero attached hydrogens (tertiary/aromatic N) is 4. The van der Waals surface area contributed by atoms with Crippen LogP contribution in [0.15, 0.2) is 52.6 Å². The minimum Gasteiger partial charge on any atom is -0.496 e. The van der Waals surface area contributed by atoms with E-state index >= 15 is 0 Å². The van der Waals surface area contributed by atoms with E-state index in [1.807, 2.05) is 24.3 Å². The number of amidine groups is 1. The second-order valence-corrected chi connectivity index (χ2v) is 8.75. The summed E-state index contributed by atoms with van der Waals surface area (Å²) in [5.41, 5.74) is 0.733. The molecule has 1 N–H and O–H groups in total. The minimum absolute atomic E-state index is 0.0858. The third-order valence-corrected chi connectivity index (χ3v) is 6.40. The van der Waals surface area contributed by atoms with Crippen LogP contribution in [0.4, 0.5) is 5.69 Å². The molecule has 0 fully saturated rings. The van der Waals surface area contributed by atoms with Crippen molar-refractivity contribution in [3.05, 3.63) is 68.7 Å². The van der Waals surface area contributed by atoms with E-state index in [9.17, 15) is 14.9 Å². The maximum Gasteiger partial charge on any atom is 0.276 e. The van der Waals surface area contributed by atoms with E-state index in [0.29, 0.717) is 32.8 Å². The molecule has 2 aliphatic rings. The van der Waals surface area contributed by atoms with E-state index in [1.54, 1.807) is 11.1 Å². The van der Waals surface area contributed by atoms with Gasteiger partial charge in [-0.1, -0.05) is 56.1 Å². The number of non-ortho nitro benzene ring substituents is 1. The molecule has 2 aromatic carbocycles. The second-order valence-electron chi connectivity index (χ2n) is 7.66. The number of rotatable bonds is 8. The predicted octanol–water partition coefficient (Wildman–Crippen LogP) is 3.06. The highest BCUT2D eigenvalue weighted by Gasteiger charge is 2.36. The number of carbonyl (C=O) groups is 1. The van der Waals surface area contributed by atoms with Crippen molar-refractivity contribution in [3.63, 3.8) is 0 Å². The number of carbonyl (C=O) groups excluding carboxylic acids is 1. The number of nitrogens with one attached hydrogen (secondary N) is 1. The molecule has 0 aromatic heterocycles. The molecular formula is C23H25N5O4S. The van der Waals surface area contributed by atoms with Crippen molar-refractivity contribution in [2.75, 3.05) is 12.9 Å². The molecule has 2 aromatic rings. The van der Waals surface area contributed by atoms with Gasteiger partial charge in [0.15, 0.2) is 11.3 Å². The Morgan fingerprint density at radius 3 is 2.79 bits per heavy atom. The highest BCUT2D eigenvalue weighted by Crippen LogP contribution is 2.37. The lowest BCUT2D eigenvalue weighted by atomic mass is 10.1. The molecule has 1 amide bonds. The van der Waals surface area contributed by atoms with Gasteiger partial charge in [0.05, 0.1) is 17.4 Å². The van der Waals surface area contributed by atoms with Crippen molar-refractivity contribution in [2.45, 2.75) is 38.8 Å². The zero-order valence-corrected chi connectivity index (χ0v) is 19.3. The lowest BCUT2D eigenvalue weighted by molar-refractivity contribution is -0.385. The van der Waals surface area contributed by atoms with E-state index in [2.05, 4.69) is 12.2 Å². The van der Waals surface area contributed by atoms with E-state index in [-0.39, 0.29) is 11.6 Å². The molecule has 0 spiro atoms. The van der Waals surface area contributed by atoms with Crippen LogP contribution in [-0.4, -0.2) is 33.9 Å². The number of methoxy groups -OCH3 is 1. The zero-order chi connectivity index (χ0) is 23.4. The Bertz CT molecular complexity index is 1230. The Kier molecular flexibility index (Phi) is 6.93. The van der Waals surface area contributed by atoms with Crippen molar-refractivity contribution in [1.82, 2.24) is 10.3 Å². The summed E-state index contributed by atoms with van der Waals surface area (Å²) < 4.78 is 5.48. The first-order valence-corrected chi connectivity index (χ1v) is 11.8. The van der Waals surface area contributed by atoms with Gasteiger partial charge in [0.2, 0.25) is 0 Å². The first-order valence-electron chi connectivity index (χ1n) is 10.8. The fourth-order valence-corrected chi connectivity index (χ4v) is 4.68. The van der Waals surface area contributed by atoms with Crippen LogP contribution >= 0.6 is 11.8 Å². The maximum absolute atomic E-state index is 13.2. The van der Waals surface area contributed by atoms with Crippen molar-refractivity contribution < 1.29 is 14.5 Å². The monoisotopic (exact) mass is 467 g/mol. The number of benzene rings is 2. The van der Waals surface area contributed by atoms with E-state index in [0.717, 1.165) is 25.0 Å². The van der Waals surface area contributed by atoms with Gasteiger partial charge in [0.25, 0.3) is 11.6 Å². The van der Waals surface area contributed by atoms with E-state index < -0.39 is 11.1 Å². The van der Waals surface area contributed by atoms with E-state index in [4.69, 9.17) is 14.8 Å². The molecule has 0 bridgehead atoms. The molecule has 172 valence electrons. The zero-order valence-electron chi connectivity index (χ0n) is 18.5. The van der Waals surface area contributed by atoms with Gasteiger partial charge in [-0.05, 0) is 18.6 Å². The summed E-state index contributed by atoms with van der Waals surface area (Å²) in [5, 5.41) is 22.3. The molecule has 4 rings (SSSR count). The number of amides is 1. The Morgan fingerprint density at radius 1 is 1.21 bits per heavy atom. The number of nitro groups is 1. The average Bonchev–Trinajstić information content (AvgIpc) is 2.82. The maximum atomic E-state index is 13.2. The third kappa shape index (κ3) is 4.70. The van der Waals surface area contributed by atoms with Crippen LogP contribution < -0.4 is 20.6 Å². The summed E-state index contributed by atoms with van der Waals surface area (Å²) in [6.45, 7) is 2.16. The summed E-state index contributed by atoms with van der Waals surface area (Å²) in [6, 6.07) is 11.7. The van der Waals surface area contributed by atoms with Crippen molar-refractivity contribution in [3.8, 4) is 5.75 Å². The van der Waals surface area contributed by atoms with Crippen LogP contribution in [0.25, 0.3) is 5.70 Å². The SMILES string of the molecule is CCCCCCSC1=NN2C(=c3ccccc3=N[C@@H]2c2cc([N+](=O)[O-])ccc2OC)C(=O)N1. The lowest BCUT2D eigenvalue weighted by Gasteiger charge is -2.34. The lowest BCUT2D eigenvalue weighted by Crippen LogP contribution is -2.50. The summed E-state index contributed by atoms with van der Waals surface area (Å²) in [4.78, 5) is 29.0.